The van der Waals surface area contributed by atoms with E-state index >= 15 is 0 Å². The third-order valence-electron chi connectivity index (χ3n) is 2.66. The fourth-order valence-electron chi connectivity index (χ4n) is 1.66. The Kier molecular flexibility index (Phi) is 4.02. The summed E-state index contributed by atoms with van der Waals surface area (Å²) < 4.78 is 0. The molecule has 2 heterocycles. The highest BCUT2D eigenvalue weighted by Crippen LogP contribution is 2.37. The van der Waals surface area contributed by atoms with Crippen LogP contribution in [0.2, 0.25) is 0 Å². The van der Waals surface area contributed by atoms with Crippen molar-refractivity contribution in [1.29, 1.82) is 0 Å². The van der Waals surface area contributed by atoms with E-state index in [0.717, 1.165) is 10.8 Å². The van der Waals surface area contributed by atoms with Crippen molar-refractivity contribution in [3.8, 4) is 10.6 Å². The minimum atomic E-state index is 0.434. The van der Waals surface area contributed by atoms with E-state index in [4.69, 9.17) is 4.98 Å². The largest absolute Gasteiger partial charge is 0.365 e. The molecule has 0 bridgehead atoms. The van der Waals surface area contributed by atoms with Crippen LogP contribution >= 0.6 is 22.7 Å². The van der Waals surface area contributed by atoms with Crippen molar-refractivity contribution in [2.24, 2.45) is 0 Å². The van der Waals surface area contributed by atoms with Gasteiger partial charge in [0, 0.05) is 18.3 Å². The number of nitrogens with one attached hydrogen (secondary N) is 1. The first-order valence-electron chi connectivity index (χ1n) is 6.17. The zero-order valence-corrected chi connectivity index (χ0v) is 13.1. The van der Waals surface area contributed by atoms with Crippen molar-refractivity contribution >= 4 is 27.8 Å². The van der Waals surface area contributed by atoms with E-state index in [9.17, 15) is 0 Å². The third kappa shape index (κ3) is 2.57. The molecule has 5 heteroatoms. The Morgan fingerprint density at radius 1 is 1.11 bits per heavy atom. The van der Waals surface area contributed by atoms with E-state index in [-0.39, 0.29) is 0 Å². The maximum Gasteiger partial charge on any atom is 0.182 e. The fourth-order valence-corrected chi connectivity index (χ4v) is 3.58. The smallest absolute Gasteiger partial charge is 0.182 e. The highest BCUT2D eigenvalue weighted by Gasteiger charge is 2.19. The first-order chi connectivity index (χ1) is 8.52. The summed E-state index contributed by atoms with van der Waals surface area (Å²) in [5.74, 6) is 0.909. The third-order valence-corrected chi connectivity index (χ3v) is 4.92. The van der Waals surface area contributed by atoms with Gasteiger partial charge in [-0.25, -0.2) is 9.97 Å². The first kappa shape index (κ1) is 13.5. The summed E-state index contributed by atoms with van der Waals surface area (Å²) in [4.78, 5) is 10.6. The molecule has 1 N–H and O–H groups in total. The van der Waals surface area contributed by atoms with Gasteiger partial charge in [0.1, 0.15) is 0 Å². The number of rotatable bonds is 4. The maximum absolute atomic E-state index is 4.78. The van der Waals surface area contributed by atoms with E-state index in [0.29, 0.717) is 11.8 Å². The number of nitrogens with zero attached hydrogens (tertiary/aromatic N) is 2. The topological polar surface area (TPSA) is 37.8 Å². The summed E-state index contributed by atoms with van der Waals surface area (Å²) in [7, 11) is 1.90. The van der Waals surface area contributed by atoms with Gasteiger partial charge in [-0.1, -0.05) is 27.7 Å². The highest BCUT2D eigenvalue weighted by molar-refractivity contribution is 7.17. The molecule has 0 aromatic carbocycles. The molecule has 0 atom stereocenters. The van der Waals surface area contributed by atoms with Gasteiger partial charge in [0.15, 0.2) is 5.13 Å². The van der Waals surface area contributed by atoms with Gasteiger partial charge in [0.2, 0.25) is 0 Å². The monoisotopic (exact) mass is 281 g/mol. The first-order valence-corrected chi connectivity index (χ1v) is 7.86. The van der Waals surface area contributed by atoms with Crippen LogP contribution in [0.3, 0.4) is 0 Å². The molecule has 0 fully saturated rings. The number of anilines is 1. The van der Waals surface area contributed by atoms with Crippen molar-refractivity contribution in [3.63, 3.8) is 0 Å². The normalized spacial score (nSPS) is 11.5. The molecule has 0 aliphatic carbocycles. The van der Waals surface area contributed by atoms with Crippen molar-refractivity contribution < 1.29 is 0 Å². The summed E-state index contributed by atoms with van der Waals surface area (Å²) in [6.45, 7) is 8.75. The Bertz CT molecular complexity index is 526. The van der Waals surface area contributed by atoms with Gasteiger partial charge in [0.05, 0.1) is 21.3 Å². The molecule has 98 valence electrons. The van der Waals surface area contributed by atoms with E-state index in [2.05, 4.69) is 43.4 Å². The second kappa shape index (κ2) is 5.36. The second-order valence-corrected chi connectivity index (χ2v) is 6.75. The van der Waals surface area contributed by atoms with Crippen LogP contribution in [-0.4, -0.2) is 17.0 Å². The van der Waals surface area contributed by atoms with Gasteiger partial charge in [-0.2, -0.15) is 0 Å². The highest BCUT2D eigenvalue weighted by atomic mass is 32.1. The predicted octanol–water partition coefficient (Wildman–Crippen LogP) is 4.56. The Hall–Kier alpha value is -0.940. The Morgan fingerprint density at radius 2 is 1.83 bits per heavy atom. The molecule has 0 amide bonds. The van der Waals surface area contributed by atoms with Crippen molar-refractivity contribution in [3.05, 3.63) is 16.1 Å². The molecular weight excluding hydrogens is 262 g/mol. The van der Waals surface area contributed by atoms with E-state index in [1.807, 2.05) is 7.05 Å². The van der Waals surface area contributed by atoms with Crippen LogP contribution in [0.5, 0.6) is 0 Å². The molecule has 0 aliphatic rings. The molecule has 0 saturated heterocycles. The molecule has 2 aromatic heterocycles. The standard InChI is InChI=1S/C13H19N3S2/c1-7(2)10-11(18-12(16-10)8(3)4)9-6-17-13(14-5)15-9/h6-8H,1-5H3,(H,14,15). The zero-order valence-electron chi connectivity index (χ0n) is 11.4. The Labute approximate surface area is 116 Å². The van der Waals surface area contributed by atoms with Crippen LogP contribution in [0.4, 0.5) is 5.13 Å². The number of hydrogen-bond donors (Lipinski definition) is 1. The fraction of sp³-hybridized carbons (Fsp3) is 0.538. The molecule has 3 nitrogen and oxygen atoms in total. The SMILES string of the molecule is CNc1nc(-c2sc(C(C)C)nc2C(C)C)cs1. The molecule has 0 saturated carbocycles. The van der Waals surface area contributed by atoms with E-state index in [1.54, 1.807) is 22.7 Å². The summed E-state index contributed by atoms with van der Waals surface area (Å²) in [6.07, 6.45) is 0. The molecule has 18 heavy (non-hydrogen) atoms. The van der Waals surface area contributed by atoms with Crippen LogP contribution in [0, 0.1) is 0 Å². The lowest BCUT2D eigenvalue weighted by molar-refractivity contribution is 0.793. The van der Waals surface area contributed by atoms with Crippen molar-refractivity contribution in [1.82, 2.24) is 9.97 Å². The van der Waals surface area contributed by atoms with Crippen LogP contribution in [-0.2, 0) is 0 Å². The van der Waals surface area contributed by atoms with E-state index < -0.39 is 0 Å². The molecule has 0 radical (unpaired) electrons. The molecule has 0 unspecified atom stereocenters. The van der Waals surface area contributed by atoms with Crippen LogP contribution in [0.1, 0.15) is 50.2 Å². The van der Waals surface area contributed by atoms with Crippen molar-refractivity contribution in [2.75, 3.05) is 12.4 Å². The van der Waals surface area contributed by atoms with Crippen LogP contribution < -0.4 is 5.32 Å². The number of aromatic nitrogens is 2. The molecule has 0 spiro atoms. The van der Waals surface area contributed by atoms with Gasteiger partial charge < -0.3 is 5.32 Å². The maximum atomic E-state index is 4.78. The van der Waals surface area contributed by atoms with Gasteiger partial charge in [-0.15, -0.1) is 22.7 Å². The zero-order chi connectivity index (χ0) is 13.3. The number of thiazole rings is 2. The Morgan fingerprint density at radius 3 is 2.33 bits per heavy atom. The summed E-state index contributed by atoms with van der Waals surface area (Å²) >= 11 is 3.42. The van der Waals surface area contributed by atoms with Crippen LogP contribution in [0.15, 0.2) is 5.38 Å². The minimum absolute atomic E-state index is 0.434. The molecule has 2 aromatic rings. The summed E-state index contributed by atoms with van der Waals surface area (Å²) in [5.41, 5.74) is 2.23. The van der Waals surface area contributed by atoms with Crippen molar-refractivity contribution in [2.45, 2.75) is 39.5 Å². The number of hydrogen-bond acceptors (Lipinski definition) is 5. The molecular formula is C13H19N3S2. The lowest BCUT2D eigenvalue weighted by atomic mass is 10.1. The predicted molar refractivity (Wildman–Crippen MR) is 80.9 cm³/mol. The molecule has 0 aliphatic heterocycles. The summed E-state index contributed by atoms with van der Waals surface area (Å²) in [6, 6.07) is 0. The average Bonchev–Trinajstić information content (AvgIpc) is 2.95. The molecule has 2 rings (SSSR count). The van der Waals surface area contributed by atoms with Gasteiger partial charge >= 0.3 is 0 Å². The lowest BCUT2D eigenvalue weighted by Gasteiger charge is -2.02. The minimum Gasteiger partial charge on any atom is -0.365 e. The van der Waals surface area contributed by atoms with E-state index in [1.165, 1.54) is 15.6 Å². The Balaban J connectivity index is 2.47. The lowest BCUT2D eigenvalue weighted by Crippen LogP contribution is -1.93. The van der Waals surface area contributed by atoms with Gasteiger partial charge in [0.25, 0.3) is 0 Å². The summed E-state index contributed by atoms with van der Waals surface area (Å²) in [5, 5.41) is 7.35. The average molecular weight is 281 g/mol. The van der Waals surface area contributed by atoms with Gasteiger partial charge in [-0.3, -0.25) is 0 Å². The van der Waals surface area contributed by atoms with Crippen LogP contribution in [0.25, 0.3) is 10.6 Å². The second-order valence-electron chi connectivity index (χ2n) is 4.86. The van der Waals surface area contributed by atoms with Gasteiger partial charge in [-0.05, 0) is 5.92 Å². The quantitative estimate of drug-likeness (QED) is 0.893.